The summed E-state index contributed by atoms with van der Waals surface area (Å²) in [6, 6.07) is 10.9. The van der Waals surface area contributed by atoms with Crippen LogP contribution in [0.3, 0.4) is 0 Å². The zero-order chi connectivity index (χ0) is 23.7. The molecule has 8 heteroatoms. The van der Waals surface area contributed by atoms with E-state index in [0.29, 0.717) is 36.1 Å². The lowest BCUT2D eigenvalue weighted by Gasteiger charge is -2.43. The molecule has 0 aliphatic carbocycles. The number of hydrogen-bond donors (Lipinski definition) is 0. The van der Waals surface area contributed by atoms with Crippen molar-refractivity contribution in [2.45, 2.75) is 25.9 Å². The maximum Gasteiger partial charge on any atom is 0.246 e. The Balaban J connectivity index is 1.20. The van der Waals surface area contributed by atoms with Crippen LogP contribution in [0.15, 0.2) is 48.6 Å². The molecule has 0 spiro atoms. The minimum absolute atomic E-state index is 0.0833. The topological polar surface area (TPSA) is 77.5 Å². The van der Waals surface area contributed by atoms with Gasteiger partial charge in [0.2, 0.25) is 25.4 Å². The minimum atomic E-state index is -0.104. The van der Waals surface area contributed by atoms with Crippen LogP contribution in [0.2, 0.25) is 0 Å². The first-order valence-electron chi connectivity index (χ1n) is 11.2. The van der Waals surface area contributed by atoms with E-state index in [0.717, 1.165) is 11.1 Å². The molecule has 176 valence electrons. The van der Waals surface area contributed by atoms with Crippen LogP contribution >= 0.6 is 0 Å². The Morgan fingerprint density at radius 3 is 1.56 bits per heavy atom. The molecule has 5 rings (SSSR count). The van der Waals surface area contributed by atoms with Gasteiger partial charge in [-0.2, -0.15) is 0 Å². The molecular formula is C26H26N2O6. The van der Waals surface area contributed by atoms with Crippen LogP contribution < -0.4 is 18.9 Å². The van der Waals surface area contributed by atoms with Crippen molar-refractivity contribution >= 4 is 24.0 Å². The summed E-state index contributed by atoms with van der Waals surface area (Å²) in [6.45, 7) is 5.28. The highest BCUT2D eigenvalue weighted by molar-refractivity contribution is 5.94. The average Bonchev–Trinajstić information content (AvgIpc) is 3.50. The first-order valence-corrected chi connectivity index (χ1v) is 11.2. The van der Waals surface area contributed by atoms with E-state index in [9.17, 15) is 9.59 Å². The van der Waals surface area contributed by atoms with Gasteiger partial charge >= 0.3 is 0 Å². The molecule has 1 saturated heterocycles. The molecule has 0 saturated carbocycles. The van der Waals surface area contributed by atoms with E-state index in [1.807, 2.05) is 50.2 Å². The van der Waals surface area contributed by atoms with Gasteiger partial charge in [-0.25, -0.2) is 0 Å². The Labute approximate surface area is 197 Å². The number of benzene rings is 2. The Bertz CT molecular complexity index is 1080. The van der Waals surface area contributed by atoms with E-state index in [-0.39, 0.29) is 37.5 Å². The number of nitrogens with zero attached hydrogens (tertiary/aromatic N) is 2. The van der Waals surface area contributed by atoms with E-state index in [1.165, 1.54) is 0 Å². The maximum absolute atomic E-state index is 12.9. The molecule has 0 bridgehead atoms. The van der Waals surface area contributed by atoms with Crippen LogP contribution in [0.1, 0.15) is 25.0 Å². The second-order valence-electron chi connectivity index (χ2n) is 8.57. The van der Waals surface area contributed by atoms with Crippen molar-refractivity contribution < 1.29 is 28.5 Å². The summed E-state index contributed by atoms with van der Waals surface area (Å²) in [5.41, 5.74) is 1.72. The molecule has 8 nitrogen and oxygen atoms in total. The molecule has 1 fully saturated rings. The molecule has 0 aromatic heterocycles. The zero-order valence-corrected chi connectivity index (χ0v) is 19.1. The Hall–Kier alpha value is -3.94. The van der Waals surface area contributed by atoms with Gasteiger partial charge in [0.1, 0.15) is 0 Å². The minimum Gasteiger partial charge on any atom is -0.454 e. The van der Waals surface area contributed by atoms with Gasteiger partial charge in [0.25, 0.3) is 0 Å². The lowest BCUT2D eigenvalue weighted by atomic mass is 10.1. The summed E-state index contributed by atoms with van der Waals surface area (Å²) in [5, 5.41) is 0. The Morgan fingerprint density at radius 1 is 0.706 bits per heavy atom. The summed E-state index contributed by atoms with van der Waals surface area (Å²) in [7, 11) is 0. The lowest BCUT2D eigenvalue weighted by molar-refractivity contribution is -0.139. The molecule has 0 N–H and O–H groups in total. The van der Waals surface area contributed by atoms with Crippen LogP contribution in [-0.2, 0) is 9.59 Å². The van der Waals surface area contributed by atoms with Crippen LogP contribution in [0.5, 0.6) is 23.0 Å². The number of rotatable bonds is 4. The fourth-order valence-corrected chi connectivity index (χ4v) is 4.30. The molecule has 3 heterocycles. The van der Waals surface area contributed by atoms with Gasteiger partial charge in [-0.3, -0.25) is 9.59 Å². The monoisotopic (exact) mass is 462 g/mol. The summed E-state index contributed by atoms with van der Waals surface area (Å²) in [4.78, 5) is 29.4. The summed E-state index contributed by atoms with van der Waals surface area (Å²) < 4.78 is 21.4. The highest BCUT2D eigenvalue weighted by Crippen LogP contribution is 2.33. The summed E-state index contributed by atoms with van der Waals surface area (Å²) in [6.07, 6.45) is 6.68. The van der Waals surface area contributed by atoms with Crippen molar-refractivity contribution in [3.63, 3.8) is 0 Å². The van der Waals surface area contributed by atoms with Gasteiger partial charge in [-0.15, -0.1) is 0 Å². The van der Waals surface area contributed by atoms with Crippen molar-refractivity contribution in [2.24, 2.45) is 0 Å². The van der Waals surface area contributed by atoms with E-state index in [2.05, 4.69) is 0 Å². The number of carbonyl (C=O) groups excluding carboxylic acids is 2. The average molecular weight is 463 g/mol. The molecule has 2 atom stereocenters. The molecule has 3 aliphatic heterocycles. The lowest BCUT2D eigenvalue weighted by Crippen LogP contribution is -2.59. The van der Waals surface area contributed by atoms with Crippen molar-refractivity contribution in [3.05, 3.63) is 59.7 Å². The molecule has 2 aromatic rings. The number of carbonyl (C=O) groups is 2. The molecule has 2 aromatic carbocycles. The third-order valence-electron chi connectivity index (χ3n) is 6.18. The van der Waals surface area contributed by atoms with Crippen molar-refractivity contribution in [2.75, 3.05) is 26.7 Å². The predicted molar refractivity (Wildman–Crippen MR) is 126 cm³/mol. The first kappa shape index (κ1) is 21.9. The summed E-state index contributed by atoms with van der Waals surface area (Å²) in [5.74, 6) is 2.61. The Morgan fingerprint density at radius 2 is 1.12 bits per heavy atom. The SMILES string of the molecule is C[C@@H]1CN(C(=O)/C=C/c2ccc3c(c2)OCO3)[C@H](C)CN1C(=O)/C=C\c1ccc2c(c1)OCO2. The van der Waals surface area contributed by atoms with E-state index in [4.69, 9.17) is 18.9 Å². The maximum atomic E-state index is 12.9. The third kappa shape index (κ3) is 4.44. The Kier molecular flexibility index (Phi) is 5.88. The fraction of sp³-hybridized carbons (Fsp3) is 0.308. The molecule has 0 unspecified atom stereocenters. The number of piperazine rings is 1. The second kappa shape index (κ2) is 9.13. The van der Waals surface area contributed by atoms with E-state index >= 15 is 0 Å². The van der Waals surface area contributed by atoms with Gasteiger partial charge in [-0.05, 0) is 61.4 Å². The van der Waals surface area contributed by atoms with Gasteiger partial charge in [0.05, 0.1) is 0 Å². The first-order chi connectivity index (χ1) is 16.5. The van der Waals surface area contributed by atoms with Gasteiger partial charge in [0, 0.05) is 37.3 Å². The summed E-state index contributed by atoms with van der Waals surface area (Å²) >= 11 is 0. The third-order valence-corrected chi connectivity index (χ3v) is 6.18. The van der Waals surface area contributed by atoms with Crippen molar-refractivity contribution in [3.8, 4) is 23.0 Å². The van der Waals surface area contributed by atoms with Crippen molar-refractivity contribution in [1.82, 2.24) is 9.80 Å². The molecule has 0 radical (unpaired) electrons. The fourth-order valence-electron chi connectivity index (χ4n) is 4.30. The number of fused-ring (bicyclic) bond motifs is 2. The standard InChI is InChI=1S/C26H26N2O6/c1-17-13-28(26(30)10-6-20-4-8-22-24(12-20)34-16-32-22)18(2)14-27(17)25(29)9-5-19-3-7-21-23(11-19)33-15-31-21/h3-12,17-18H,13-16H2,1-2H3/b9-5-,10-6+/t17-,18-/m1/s1. The largest absolute Gasteiger partial charge is 0.454 e. The normalized spacial score (nSPS) is 21.0. The smallest absolute Gasteiger partial charge is 0.246 e. The molecule has 34 heavy (non-hydrogen) atoms. The zero-order valence-electron chi connectivity index (χ0n) is 19.1. The number of ether oxygens (including phenoxy) is 4. The van der Waals surface area contributed by atoms with Gasteiger partial charge in [0.15, 0.2) is 23.0 Å². The van der Waals surface area contributed by atoms with E-state index in [1.54, 1.807) is 34.1 Å². The quantitative estimate of drug-likeness (QED) is 0.649. The molecule has 3 aliphatic rings. The van der Waals surface area contributed by atoms with Crippen molar-refractivity contribution in [1.29, 1.82) is 0 Å². The highest BCUT2D eigenvalue weighted by Gasteiger charge is 2.32. The number of hydrogen-bond acceptors (Lipinski definition) is 6. The number of amides is 2. The van der Waals surface area contributed by atoms with Crippen LogP contribution in [-0.4, -0.2) is 60.4 Å². The molecule has 2 amide bonds. The van der Waals surface area contributed by atoms with Crippen LogP contribution in [0.4, 0.5) is 0 Å². The highest BCUT2D eigenvalue weighted by atomic mass is 16.7. The van der Waals surface area contributed by atoms with Crippen LogP contribution in [0, 0.1) is 0 Å². The second-order valence-corrected chi connectivity index (χ2v) is 8.57. The van der Waals surface area contributed by atoms with Crippen LogP contribution in [0.25, 0.3) is 12.2 Å². The predicted octanol–water partition coefficient (Wildman–Crippen LogP) is 3.32. The molecular weight excluding hydrogens is 436 g/mol. The van der Waals surface area contributed by atoms with Gasteiger partial charge in [-0.1, -0.05) is 12.1 Å². The van der Waals surface area contributed by atoms with E-state index < -0.39 is 0 Å². The van der Waals surface area contributed by atoms with Gasteiger partial charge < -0.3 is 28.7 Å².